The number of anilines is 1. The van der Waals surface area contributed by atoms with Gasteiger partial charge in [-0.05, 0) is 56.2 Å². The van der Waals surface area contributed by atoms with Crippen LogP contribution in [0.25, 0.3) is 0 Å². The molecule has 0 bridgehead atoms. The third-order valence-corrected chi connectivity index (χ3v) is 4.18. The summed E-state index contributed by atoms with van der Waals surface area (Å²) in [5.74, 6) is 0. The summed E-state index contributed by atoms with van der Waals surface area (Å²) in [7, 11) is 0. The van der Waals surface area contributed by atoms with E-state index in [1.165, 1.54) is 42.5 Å². The third-order valence-electron chi connectivity index (χ3n) is 4.18. The van der Waals surface area contributed by atoms with E-state index in [1.54, 1.807) is 0 Å². The number of benzene rings is 1. The SMILES string of the molecule is Cc1cccc2c1CCC1CCCC(N)N21. The number of aryl methyl sites for hydroxylation is 1. The van der Waals surface area contributed by atoms with Crippen molar-refractivity contribution in [2.24, 2.45) is 5.73 Å². The standard InChI is InChI=1S/C14H20N2/c1-10-4-2-6-13-12(10)9-8-11-5-3-7-14(15)16(11)13/h2,4,6,11,14H,3,5,7-9,15H2,1H3. The van der Waals surface area contributed by atoms with Crippen LogP contribution in [0.1, 0.15) is 36.8 Å². The number of nitrogens with zero attached hydrogens (tertiary/aromatic N) is 1. The first-order valence-corrected chi connectivity index (χ1v) is 6.40. The van der Waals surface area contributed by atoms with Gasteiger partial charge in [0.05, 0.1) is 6.17 Å². The molecule has 1 saturated heterocycles. The number of nitrogens with two attached hydrogens (primary N) is 1. The lowest BCUT2D eigenvalue weighted by atomic mass is 9.87. The zero-order valence-electron chi connectivity index (χ0n) is 9.95. The molecule has 2 aliphatic heterocycles. The van der Waals surface area contributed by atoms with Crippen molar-refractivity contribution in [2.45, 2.75) is 51.2 Å². The molecule has 2 nitrogen and oxygen atoms in total. The zero-order valence-corrected chi connectivity index (χ0v) is 9.95. The first-order valence-electron chi connectivity index (χ1n) is 6.40. The summed E-state index contributed by atoms with van der Waals surface area (Å²) in [6.07, 6.45) is 6.51. The minimum absolute atomic E-state index is 0.236. The zero-order chi connectivity index (χ0) is 11.1. The Morgan fingerprint density at radius 3 is 3.00 bits per heavy atom. The molecule has 2 heteroatoms. The van der Waals surface area contributed by atoms with Crippen LogP contribution in [0.2, 0.25) is 0 Å². The quantitative estimate of drug-likeness (QED) is 0.722. The monoisotopic (exact) mass is 216 g/mol. The van der Waals surface area contributed by atoms with Crippen molar-refractivity contribution in [1.82, 2.24) is 0 Å². The first-order chi connectivity index (χ1) is 7.77. The van der Waals surface area contributed by atoms with E-state index < -0.39 is 0 Å². The second-order valence-electron chi connectivity index (χ2n) is 5.17. The number of piperidine rings is 1. The van der Waals surface area contributed by atoms with Gasteiger partial charge in [0.1, 0.15) is 0 Å². The van der Waals surface area contributed by atoms with Gasteiger partial charge in [-0.25, -0.2) is 0 Å². The van der Waals surface area contributed by atoms with Gasteiger partial charge >= 0.3 is 0 Å². The summed E-state index contributed by atoms with van der Waals surface area (Å²) in [5, 5.41) is 0. The van der Waals surface area contributed by atoms with Gasteiger partial charge in [-0.3, -0.25) is 0 Å². The normalized spacial score (nSPS) is 28.5. The van der Waals surface area contributed by atoms with Gasteiger partial charge in [0, 0.05) is 11.7 Å². The van der Waals surface area contributed by atoms with Crippen LogP contribution in [0.4, 0.5) is 5.69 Å². The molecule has 0 amide bonds. The second-order valence-corrected chi connectivity index (χ2v) is 5.17. The maximum atomic E-state index is 6.28. The highest BCUT2D eigenvalue weighted by atomic mass is 15.3. The first kappa shape index (κ1) is 10.2. The molecule has 0 spiro atoms. The average molecular weight is 216 g/mol. The van der Waals surface area contributed by atoms with Crippen molar-refractivity contribution in [3.05, 3.63) is 29.3 Å². The van der Waals surface area contributed by atoms with Gasteiger partial charge < -0.3 is 10.6 Å². The van der Waals surface area contributed by atoms with Crippen LogP contribution in [-0.2, 0) is 6.42 Å². The Bertz CT molecular complexity index is 400. The molecule has 1 aromatic rings. The molecule has 0 aromatic heterocycles. The number of fused-ring (bicyclic) bond motifs is 3. The van der Waals surface area contributed by atoms with Crippen molar-refractivity contribution in [1.29, 1.82) is 0 Å². The van der Waals surface area contributed by atoms with Gasteiger partial charge in [-0.15, -0.1) is 0 Å². The Morgan fingerprint density at radius 2 is 2.12 bits per heavy atom. The number of rotatable bonds is 0. The van der Waals surface area contributed by atoms with E-state index in [0.717, 1.165) is 6.42 Å². The van der Waals surface area contributed by atoms with E-state index >= 15 is 0 Å². The van der Waals surface area contributed by atoms with Crippen LogP contribution >= 0.6 is 0 Å². The van der Waals surface area contributed by atoms with Crippen LogP contribution in [-0.4, -0.2) is 12.2 Å². The topological polar surface area (TPSA) is 29.3 Å². The molecule has 1 aromatic carbocycles. The second kappa shape index (κ2) is 3.77. The molecule has 2 atom stereocenters. The van der Waals surface area contributed by atoms with Gasteiger partial charge in [-0.1, -0.05) is 12.1 Å². The Hall–Kier alpha value is -1.02. The minimum atomic E-state index is 0.236. The molecule has 2 N–H and O–H groups in total. The van der Waals surface area contributed by atoms with E-state index in [0.29, 0.717) is 6.04 Å². The Labute approximate surface area is 97.4 Å². The van der Waals surface area contributed by atoms with Crippen molar-refractivity contribution in [3.63, 3.8) is 0 Å². The molecule has 16 heavy (non-hydrogen) atoms. The summed E-state index contributed by atoms with van der Waals surface area (Å²) in [6.45, 7) is 2.22. The van der Waals surface area contributed by atoms with Crippen LogP contribution in [0.3, 0.4) is 0 Å². The molecule has 2 heterocycles. The fourth-order valence-electron chi connectivity index (χ4n) is 3.34. The average Bonchev–Trinajstić information content (AvgIpc) is 2.29. The summed E-state index contributed by atoms with van der Waals surface area (Å²) in [4.78, 5) is 2.48. The predicted octanol–water partition coefficient (Wildman–Crippen LogP) is 2.58. The highest BCUT2D eigenvalue weighted by Gasteiger charge is 2.33. The maximum absolute atomic E-state index is 6.28. The molecule has 2 unspecified atom stereocenters. The molecule has 0 saturated carbocycles. The van der Waals surface area contributed by atoms with Gasteiger partial charge in [0.25, 0.3) is 0 Å². The van der Waals surface area contributed by atoms with E-state index in [2.05, 4.69) is 30.0 Å². The van der Waals surface area contributed by atoms with Crippen LogP contribution in [0.15, 0.2) is 18.2 Å². The molecule has 0 radical (unpaired) electrons. The van der Waals surface area contributed by atoms with Crippen molar-refractivity contribution >= 4 is 5.69 Å². The van der Waals surface area contributed by atoms with Gasteiger partial charge in [0.15, 0.2) is 0 Å². The minimum Gasteiger partial charge on any atom is -0.353 e. The van der Waals surface area contributed by atoms with Gasteiger partial charge in [0.2, 0.25) is 0 Å². The molecule has 0 aliphatic carbocycles. The fraction of sp³-hybridized carbons (Fsp3) is 0.571. The summed E-state index contributed by atoms with van der Waals surface area (Å²) >= 11 is 0. The Balaban J connectivity index is 2.06. The van der Waals surface area contributed by atoms with Crippen molar-refractivity contribution < 1.29 is 0 Å². The third kappa shape index (κ3) is 1.44. The van der Waals surface area contributed by atoms with Crippen LogP contribution in [0.5, 0.6) is 0 Å². The molecule has 2 aliphatic rings. The van der Waals surface area contributed by atoms with E-state index in [1.807, 2.05) is 0 Å². The Kier molecular flexibility index (Phi) is 2.40. The van der Waals surface area contributed by atoms with E-state index in [9.17, 15) is 0 Å². The molecule has 3 rings (SSSR count). The molecule has 86 valence electrons. The number of hydrogen-bond donors (Lipinski definition) is 1. The molecule has 1 fully saturated rings. The maximum Gasteiger partial charge on any atom is 0.0774 e. The highest BCUT2D eigenvalue weighted by molar-refractivity contribution is 5.60. The van der Waals surface area contributed by atoms with E-state index in [-0.39, 0.29) is 6.17 Å². The summed E-state index contributed by atoms with van der Waals surface area (Å²) in [5.41, 5.74) is 10.6. The molecular weight excluding hydrogens is 196 g/mol. The van der Waals surface area contributed by atoms with Crippen LogP contribution < -0.4 is 10.6 Å². The van der Waals surface area contributed by atoms with E-state index in [4.69, 9.17) is 5.73 Å². The lowest BCUT2D eigenvalue weighted by Gasteiger charge is -2.46. The number of hydrogen-bond acceptors (Lipinski definition) is 2. The Morgan fingerprint density at radius 1 is 1.25 bits per heavy atom. The van der Waals surface area contributed by atoms with Crippen molar-refractivity contribution in [2.75, 3.05) is 4.90 Å². The largest absolute Gasteiger partial charge is 0.353 e. The van der Waals surface area contributed by atoms with Gasteiger partial charge in [-0.2, -0.15) is 0 Å². The highest BCUT2D eigenvalue weighted by Crippen LogP contribution is 2.37. The lowest BCUT2D eigenvalue weighted by Crippen LogP contribution is -2.53. The smallest absolute Gasteiger partial charge is 0.0774 e. The van der Waals surface area contributed by atoms with Crippen molar-refractivity contribution in [3.8, 4) is 0 Å². The summed E-state index contributed by atoms with van der Waals surface area (Å²) in [6, 6.07) is 7.32. The predicted molar refractivity (Wildman–Crippen MR) is 67.6 cm³/mol. The van der Waals surface area contributed by atoms with Crippen LogP contribution in [0, 0.1) is 6.92 Å². The fourth-order valence-corrected chi connectivity index (χ4v) is 3.34. The molecular formula is C14H20N2. The lowest BCUT2D eigenvalue weighted by molar-refractivity contribution is 0.360. The summed E-state index contributed by atoms with van der Waals surface area (Å²) < 4.78 is 0.